The van der Waals surface area contributed by atoms with Crippen LogP contribution in [0.1, 0.15) is 10.4 Å². The van der Waals surface area contributed by atoms with E-state index in [-0.39, 0.29) is 16.4 Å². The maximum absolute atomic E-state index is 12.6. The Bertz CT molecular complexity index is 1040. The smallest absolute Gasteiger partial charge is 0.310 e. The average Bonchev–Trinajstić information content (AvgIpc) is 3.04. The molecule has 0 unspecified atom stereocenters. The number of sulfonamides is 1. The van der Waals surface area contributed by atoms with Gasteiger partial charge in [-0.25, -0.2) is 13.4 Å². The number of benzene rings is 2. The van der Waals surface area contributed by atoms with Crippen molar-refractivity contribution in [3.05, 3.63) is 65.0 Å². The first-order valence-electron chi connectivity index (χ1n) is 8.10. The highest BCUT2D eigenvalue weighted by Gasteiger charge is 2.21. The summed E-state index contributed by atoms with van der Waals surface area (Å²) < 4.78 is 32.5. The van der Waals surface area contributed by atoms with E-state index in [1.807, 2.05) is 37.3 Å². The Balaban J connectivity index is 1.96. The normalized spacial score (nSPS) is 11.2. The molecule has 0 saturated carbocycles. The van der Waals surface area contributed by atoms with Crippen molar-refractivity contribution in [1.29, 1.82) is 0 Å². The molecule has 0 bridgehead atoms. The largest absolute Gasteiger partial charge is 0.469 e. The van der Waals surface area contributed by atoms with Crippen LogP contribution in [0.25, 0.3) is 11.3 Å². The molecule has 1 aromatic heterocycles. The summed E-state index contributed by atoms with van der Waals surface area (Å²) in [4.78, 5) is 16.9. The van der Waals surface area contributed by atoms with Crippen molar-refractivity contribution >= 4 is 32.5 Å². The van der Waals surface area contributed by atoms with Gasteiger partial charge in [-0.2, -0.15) is 0 Å². The lowest BCUT2D eigenvalue weighted by Crippen LogP contribution is -2.12. The van der Waals surface area contributed by atoms with E-state index in [9.17, 15) is 13.2 Å². The van der Waals surface area contributed by atoms with E-state index in [2.05, 4.69) is 9.71 Å². The minimum atomic E-state index is -3.77. The third-order valence-corrected chi connectivity index (χ3v) is 6.28. The number of aromatic nitrogens is 1. The van der Waals surface area contributed by atoms with E-state index in [4.69, 9.17) is 4.74 Å². The number of carbonyl (C=O) groups is 1. The van der Waals surface area contributed by atoms with E-state index in [1.54, 1.807) is 24.3 Å². The summed E-state index contributed by atoms with van der Waals surface area (Å²) in [5.41, 5.74) is 2.33. The predicted octanol–water partition coefficient (Wildman–Crippen LogP) is 3.63. The Labute approximate surface area is 161 Å². The van der Waals surface area contributed by atoms with E-state index in [0.29, 0.717) is 10.6 Å². The summed E-state index contributed by atoms with van der Waals surface area (Å²) in [5, 5.41) is 0.202. The quantitative estimate of drug-likeness (QED) is 0.636. The Morgan fingerprint density at radius 2 is 1.78 bits per heavy atom. The van der Waals surface area contributed by atoms with Crippen LogP contribution in [0.4, 0.5) is 5.13 Å². The average molecular weight is 402 g/mol. The minimum Gasteiger partial charge on any atom is -0.469 e. The molecule has 1 N–H and O–H groups in total. The van der Waals surface area contributed by atoms with Crippen LogP contribution < -0.4 is 4.72 Å². The van der Waals surface area contributed by atoms with Gasteiger partial charge in [-0.15, -0.1) is 0 Å². The number of esters is 1. The zero-order chi connectivity index (χ0) is 19.4. The van der Waals surface area contributed by atoms with Crippen molar-refractivity contribution in [3.8, 4) is 11.3 Å². The van der Waals surface area contributed by atoms with Crippen LogP contribution in [0.15, 0.2) is 59.5 Å². The van der Waals surface area contributed by atoms with Gasteiger partial charge in [0, 0.05) is 10.4 Å². The number of rotatable bonds is 6. The van der Waals surface area contributed by atoms with E-state index in [0.717, 1.165) is 22.5 Å². The summed E-state index contributed by atoms with van der Waals surface area (Å²) in [5.74, 6) is -0.413. The molecule has 0 fully saturated rings. The number of thiazole rings is 1. The summed E-state index contributed by atoms with van der Waals surface area (Å²) >= 11 is 1.12. The van der Waals surface area contributed by atoms with E-state index >= 15 is 0 Å². The SMILES string of the molecule is COC(=O)Cc1sc(NS(=O)(=O)c2ccc(C)cc2)nc1-c1ccccc1. The highest BCUT2D eigenvalue weighted by molar-refractivity contribution is 7.93. The summed E-state index contributed by atoms with van der Waals surface area (Å²) in [6, 6.07) is 15.8. The Hall–Kier alpha value is -2.71. The molecular weight excluding hydrogens is 384 g/mol. The topological polar surface area (TPSA) is 85.4 Å². The molecule has 8 heteroatoms. The zero-order valence-corrected chi connectivity index (χ0v) is 16.4. The molecule has 140 valence electrons. The van der Waals surface area contributed by atoms with Crippen LogP contribution >= 0.6 is 11.3 Å². The molecule has 27 heavy (non-hydrogen) atoms. The maximum atomic E-state index is 12.6. The number of methoxy groups -OCH3 is 1. The number of hydrogen-bond acceptors (Lipinski definition) is 6. The van der Waals surface area contributed by atoms with Crippen molar-refractivity contribution in [2.45, 2.75) is 18.2 Å². The van der Waals surface area contributed by atoms with Gasteiger partial charge >= 0.3 is 5.97 Å². The fourth-order valence-electron chi connectivity index (χ4n) is 2.43. The Kier molecular flexibility index (Phi) is 5.57. The second kappa shape index (κ2) is 7.89. The molecular formula is C19H18N2O4S2. The van der Waals surface area contributed by atoms with E-state index in [1.165, 1.54) is 7.11 Å². The van der Waals surface area contributed by atoms with Gasteiger partial charge in [0.25, 0.3) is 10.0 Å². The van der Waals surface area contributed by atoms with Crippen molar-refractivity contribution in [1.82, 2.24) is 4.98 Å². The molecule has 3 aromatic rings. The Morgan fingerprint density at radius 3 is 2.41 bits per heavy atom. The van der Waals surface area contributed by atoms with E-state index < -0.39 is 16.0 Å². The summed E-state index contributed by atoms with van der Waals surface area (Å²) in [7, 11) is -2.46. The molecule has 0 atom stereocenters. The molecule has 0 radical (unpaired) electrons. The van der Waals surface area contributed by atoms with Crippen LogP contribution in [-0.2, 0) is 26.0 Å². The van der Waals surface area contributed by atoms with Crippen LogP contribution in [0.2, 0.25) is 0 Å². The fourth-order valence-corrected chi connectivity index (χ4v) is 4.64. The third-order valence-electron chi connectivity index (χ3n) is 3.83. The molecule has 0 amide bonds. The molecule has 0 spiro atoms. The van der Waals surface area contributed by atoms with Gasteiger partial charge in [0.2, 0.25) is 0 Å². The predicted molar refractivity (Wildman–Crippen MR) is 105 cm³/mol. The molecule has 0 saturated heterocycles. The van der Waals surface area contributed by atoms with Crippen molar-refractivity contribution < 1.29 is 17.9 Å². The van der Waals surface area contributed by atoms with Gasteiger partial charge in [-0.1, -0.05) is 59.4 Å². The number of anilines is 1. The van der Waals surface area contributed by atoms with Gasteiger partial charge in [0.1, 0.15) is 0 Å². The maximum Gasteiger partial charge on any atom is 0.310 e. The number of hydrogen-bond donors (Lipinski definition) is 1. The standard InChI is InChI=1S/C19H18N2O4S2/c1-13-8-10-15(11-9-13)27(23,24)21-19-20-18(14-6-4-3-5-7-14)16(26-19)12-17(22)25-2/h3-11H,12H2,1-2H3,(H,20,21). The second-order valence-electron chi connectivity index (χ2n) is 5.83. The summed E-state index contributed by atoms with van der Waals surface area (Å²) in [6.45, 7) is 1.88. The van der Waals surface area contributed by atoms with Crippen molar-refractivity contribution in [3.63, 3.8) is 0 Å². The second-order valence-corrected chi connectivity index (χ2v) is 8.59. The molecule has 6 nitrogen and oxygen atoms in total. The fraction of sp³-hybridized carbons (Fsp3) is 0.158. The van der Waals surface area contributed by atoms with Crippen LogP contribution in [0.3, 0.4) is 0 Å². The monoisotopic (exact) mass is 402 g/mol. The number of nitrogens with one attached hydrogen (secondary N) is 1. The number of aryl methyl sites for hydroxylation is 1. The highest BCUT2D eigenvalue weighted by Crippen LogP contribution is 2.32. The molecule has 0 aliphatic rings. The van der Waals surface area contributed by atoms with Gasteiger partial charge in [0.05, 0.1) is 24.1 Å². The first-order valence-corrected chi connectivity index (χ1v) is 10.4. The lowest BCUT2D eigenvalue weighted by molar-refractivity contribution is -0.139. The lowest BCUT2D eigenvalue weighted by Gasteiger charge is -2.05. The van der Waals surface area contributed by atoms with Gasteiger partial charge < -0.3 is 4.74 Å². The minimum absolute atomic E-state index is 0.0185. The van der Waals surface area contributed by atoms with Crippen molar-refractivity contribution in [2.24, 2.45) is 0 Å². The number of carbonyl (C=O) groups excluding carboxylic acids is 1. The first kappa shape index (κ1) is 19.1. The number of nitrogens with zero attached hydrogens (tertiary/aromatic N) is 1. The molecule has 1 heterocycles. The Morgan fingerprint density at radius 1 is 1.11 bits per heavy atom. The van der Waals surface area contributed by atoms with Crippen LogP contribution in [0.5, 0.6) is 0 Å². The van der Waals surface area contributed by atoms with Gasteiger partial charge in [-0.05, 0) is 19.1 Å². The molecule has 3 rings (SSSR count). The summed E-state index contributed by atoms with van der Waals surface area (Å²) in [6.07, 6.45) is 0.0185. The van der Waals surface area contributed by atoms with Crippen LogP contribution in [0, 0.1) is 6.92 Å². The first-order chi connectivity index (χ1) is 12.9. The zero-order valence-electron chi connectivity index (χ0n) is 14.8. The molecule has 2 aromatic carbocycles. The molecule has 0 aliphatic carbocycles. The van der Waals surface area contributed by atoms with Gasteiger partial charge in [-0.3, -0.25) is 9.52 Å². The highest BCUT2D eigenvalue weighted by atomic mass is 32.2. The molecule has 0 aliphatic heterocycles. The van der Waals surface area contributed by atoms with Crippen molar-refractivity contribution in [2.75, 3.05) is 11.8 Å². The number of ether oxygens (including phenoxy) is 1. The van der Waals surface area contributed by atoms with Crippen LogP contribution in [-0.4, -0.2) is 26.5 Å². The third kappa shape index (κ3) is 4.53. The van der Waals surface area contributed by atoms with Gasteiger partial charge in [0.15, 0.2) is 5.13 Å². The lowest BCUT2D eigenvalue weighted by atomic mass is 10.1.